The van der Waals surface area contributed by atoms with Crippen LogP contribution in [0, 0.1) is 11.8 Å². The third kappa shape index (κ3) is 5.61. The third-order valence-electron chi connectivity index (χ3n) is 3.04. The van der Waals surface area contributed by atoms with Crippen LogP contribution < -0.4 is 11.1 Å². The second kappa shape index (κ2) is 8.25. The first-order valence-electron chi connectivity index (χ1n) is 6.09. The van der Waals surface area contributed by atoms with Crippen LogP contribution in [-0.2, 0) is 0 Å². The lowest BCUT2D eigenvalue weighted by atomic mass is 9.95. The van der Waals surface area contributed by atoms with Gasteiger partial charge in [-0.3, -0.25) is 0 Å². The van der Waals surface area contributed by atoms with Crippen molar-refractivity contribution in [2.45, 2.75) is 53.0 Å². The van der Waals surface area contributed by atoms with Gasteiger partial charge in [-0.25, -0.2) is 0 Å². The summed E-state index contributed by atoms with van der Waals surface area (Å²) in [6.07, 6.45) is 3.77. The molecule has 2 unspecified atom stereocenters. The van der Waals surface area contributed by atoms with E-state index in [2.05, 4.69) is 33.0 Å². The van der Waals surface area contributed by atoms with Gasteiger partial charge in [-0.05, 0) is 37.8 Å². The minimum atomic E-state index is 0.626. The Morgan fingerprint density at radius 2 is 1.86 bits per heavy atom. The van der Waals surface area contributed by atoms with E-state index in [1.54, 1.807) is 0 Å². The average molecular weight is 200 g/mol. The normalized spacial score (nSPS) is 15.9. The topological polar surface area (TPSA) is 38.0 Å². The van der Waals surface area contributed by atoms with Crippen LogP contribution in [0.3, 0.4) is 0 Å². The van der Waals surface area contributed by atoms with Crippen LogP contribution in [0.5, 0.6) is 0 Å². The minimum absolute atomic E-state index is 0.626. The van der Waals surface area contributed by atoms with Crippen LogP contribution in [0.15, 0.2) is 0 Å². The predicted octanol–water partition coefficient (Wildman–Crippen LogP) is 2.39. The second-order valence-electron chi connectivity index (χ2n) is 4.54. The van der Waals surface area contributed by atoms with Gasteiger partial charge in [0.15, 0.2) is 0 Å². The summed E-state index contributed by atoms with van der Waals surface area (Å²) in [4.78, 5) is 0. The van der Waals surface area contributed by atoms with E-state index in [0.29, 0.717) is 17.9 Å². The first kappa shape index (κ1) is 13.9. The fourth-order valence-corrected chi connectivity index (χ4v) is 1.71. The van der Waals surface area contributed by atoms with Crippen molar-refractivity contribution in [2.24, 2.45) is 17.6 Å². The van der Waals surface area contributed by atoms with Crippen LogP contribution in [0.25, 0.3) is 0 Å². The molecule has 0 aromatic heterocycles. The third-order valence-corrected chi connectivity index (χ3v) is 3.04. The highest BCUT2D eigenvalue weighted by atomic mass is 14.9. The molecule has 2 atom stereocenters. The first-order chi connectivity index (χ1) is 6.65. The molecule has 3 N–H and O–H groups in total. The van der Waals surface area contributed by atoms with Crippen LogP contribution >= 0.6 is 0 Å². The van der Waals surface area contributed by atoms with Gasteiger partial charge in [-0.2, -0.15) is 0 Å². The summed E-state index contributed by atoms with van der Waals surface area (Å²) < 4.78 is 0. The van der Waals surface area contributed by atoms with Crippen LogP contribution in [0.4, 0.5) is 0 Å². The lowest BCUT2D eigenvalue weighted by Crippen LogP contribution is -2.37. The maximum atomic E-state index is 5.74. The highest BCUT2D eigenvalue weighted by Gasteiger charge is 2.12. The van der Waals surface area contributed by atoms with Gasteiger partial charge in [0.2, 0.25) is 0 Å². The molecule has 0 aromatic carbocycles. The Labute approximate surface area is 89.6 Å². The minimum Gasteiger partial charge on any atom is -0.330 e. The number of hydrogen-bond acceptors (Lipinski definition) is 2. The van der Waals surface area contributed by atoms with Gasteiger partial charge in [0.05, 0.1) is 0 Å². The molecule has 0 aromatic rings. The monoisotopic (exact) mass is 200 g/mol. The summed E-state index contributed by atoms with van der Waals surface area (Å²) in [5.74, 6) is 1.31. The highest BCUT2D eigenvalue weighted by Crippen LogP contribution is 2.09. The number of nitrogens with one attached hydrogen (secondary N) is 1. The molecule has 0 aliphatic heterocycles. The molecule has 0 radical (unpaired) electrons. The molecule has 0 spiro atoms. The molecule has 0 saturated carbocycles. The summed E-state index contributed by atoms with van der Waals surface area (Å²) in [5, 5.41) is 3.62. The van der Waals surface area contributed by atoms with E-state index in [0.717, 1.165) is 13.1 Å². The van der Waals surface area contributed by atoms with Crippen molar-refractivity contribution >= 4 is 0 Å². The molecule has 2 nitrogen and oxygen atoms in total. The lowest BCUT2D eigenvalue weighted by molar-refractivity contribution is 0.339. The Morgan fingerprint density at radius 3 is 2.21 bits per heavy atom. The van der Waals surface area contributed by atoms with Crippen LogP contribution in [0.1, 0.15) is 47.0 Å². The maximum absolute atomic E-state index is 5.74. The van der Waals surface area contributed by atoms with E-state index in [4.69, 9.17) is 5.73 Å². The van der Waals surface area contributed by atoms with Gasteiger partial charge in [0.1, 0.15) is 0 Å². The Balaban J connectivity index is 3.75. The van der Waals surface area contributed by atoms with Crippen molar-refractivity contribution in [3.63, 3.8) is 0 Å². The van der Waals surface area contributed by atoms with Gasteiger partial charge >= 0.3 is 0 Å². The summed E-state index contributed by atoms with van der Waals surface area (Å²) >= 11 is 0. The maximum Gasteiger partial charge on any atom is 0.00644 e. The standard InChI is InChI=1S/C12H28N2/c1-5-7-12(6-2)14-9-11(8-13)10(3)4/h10-12,14H,5-9,13H2,1-4H3. The van der Waals surface area contributed by atoms with Crippen molar-refractivity contribution in [3.8, 4) is 0 Å². The van der Waals surface area contributed by atoms with E-state index >= 15 is 0 Å². The molecule has 0 amide bonds. The van der Waals surface area contributed by atoms with Gasteiger partial charge in [-0.15, -0.1) is 0 Å². The number of rotatable bonds is 8. The molecule has 86 valence electrons. The number of hydrogen-bond donors (Lipinski definition) is 2. The van der Waals surface area contributed by atoms with Crippen molar-refractivity contribution in [2.75, 3.05) is 13.1 Å². The molecule has 0 aliphatic rings. The van der Waals surface area contributed by atoms with Gasteiger partial charge in [0.25, 0.3) is 0 Å². The van der Waals surface area contributed by atoms with Crippen molar-refractivity contribution in [3.05, 3.63) is 0 Å². The van der Waals surface area contributed by atoms with Gasteiger partial charge in [-0.1, -0.05) is 34.1 Å². The molecule has 2 heteroatoms. The van der Waals surface area contributed by atoms with Crippen molar-refractivity contribution in [1.29, 1.82) is 0 Å². The lowest BCUT2D eigenvalue weighted by Gasteiger charge is -2.23. The van der Waals surface area contributed by atoms with E-state index in [1.807, 2.05) is 0 Å². The molecule has 0 fully saturated rings. The van der Waals surface area contributed by atoms with E-state index in [-0.39, 0.29) is 0 Å². The van der Waals surface area contributed by atoms with Crippen LogP contribution in [0.2, 0.25) is 0 Å². The predicted molar refractivity (Wildman–Crippen MR) is 64.4 cm³/mol. The van der Waals surface area contributed by atoms with E-state index in [9.17, 15) is 0 Å². The second-order valence-corrected chi connectivity index (χ2v) is 4.54. The van der Waals surface area contributed by atoms with Crippen molar-refractivity contribution in [1.82, 2.24) is 5.32 Å². The van der Waals surface area contributed by atoms with Gasteiger partial charge < -0.3 is 11.1 Å². The molecule has 0 bridgehead atoms. The summed E-state index contributed by atoms with van der Waals surface area (Å²) in [5.41, 5.74) is 5.74. The largest absolute Gasteiger partial charge is 0.330 e. The molecule has 0 rings (SSSR count). The summed E-state index contributed by atoms with van der Waals surface area (Å²) in [6.45, 7) is 10.9. The van der Waals surface area contributed by atoms with E-state index < -0.39 is 0 Å². The fraction of sp³-hybridized carbons (Fsp3) is 1.00. The Morgan fingerprint density at radius 1 is 1.21 bits per heavy atom. The summed E-state index contributed by atoms with van der Waals surface area (Å²) in [6, 6.07) is 0.688. The Hall–Kier alpha value is -0.0800. The zero-order valence-electron chi connectivity index (χ0n) is 10.3. The smallest absolute Gasteiger partial charge is 0.00644 e. The molecule has 0 aliphatic carbocycles. The Kier molecular flexibility index (Phi) is 8.20. The highest BCUT2D eigenvalue weighted by molar-refractivity contribution is 4.71. The quantitative estimate of drug-likeness (QED) is 0.631. The zero-order chi connectivity index (χ0) is 11.0. The van der Waals surface area contributed by atoms with E-state index in [1.165, 1.54) is 19.3 Å². The number of nitrogens with two attached hydrogens (primary N) is 1. The summed E-state index contributed by atoms with van der Waals surface area (Å²) in [7, 11) is 0. The molecular formula is C12H28N2. The van der Waals surface area contributed by atoms with Gasteiger partial charge in [0, 0.05) is 6.04 Å². The Bertz CT molecular complexity index is 123. The zero-order valence-corrected chi connectivity index (χ0v) is 10.3. The van der Waals surface area contributed by atoms with Crippen molar-refractivity contribution < 1.29 is 0 Å². The molecule has 0 saturated heterocycles. The molecule has 0 heterocycles. The first-order valence-corrected chi connectivity index (χ1v) is 6.09. The molecule has 14 heavy (non-hydrogen) atoms. The SMILES string of the molecule is CCCC(CC)NCC(CN)C(C)C. The average Bonchev–Trinajstić information content (AvgIpc) is 2.16. The molecular weight excluding hydrogens is 172 g/mol. The van der Waals surface area contributed by atoms with Crippen LogP contribution in [-0.4, -0.2) is 19.1 Å². The fourth-order valence-electron chi connectivity index (χ4n) is 1.71.